The molecule has 23 heavy (non-hydrogen) atoms. The summed E-state index contributed by atoms with van der Waals surface area (Å²) >= 11 is 1.40. The van der Waals surface area contributed by atoms with Gasteiger partial charge in [-0.25, -0.2) is 4.79 Å². The van der Waals surface area contributed by atoms with E-state index in [9.17, 15) is 9.59 Å². The van der Waals surface area contributed by atoms with Crippen LogP contribution < -0.4 is 10.6 Å². The van der Waals surface area contributed by atoms with Crippen LogP contribution in [0.2, 0.25) is 0 Å². The first-order valence-electron chi connectivity index (χ1n) is 7.15. The van der Waals surface area contributed by atoms with Gasteiger partial charge in [0.1, 0.15) is 5.60 Å². The minimum Gasteiger partial charge on any atom is -0.444 e. The van der Waals surface area contributed by atoms with Crippen LogP contribution in [-0.2, 0) is 9.53 Å². The van der Waals surface area contributed by atoms with Crippen molar-refractivity contribution in [3.8, 4) is 6.07 Å². The molecule has 0 saturated carbocycles. The number of nitrogens with zero attached hydrogens (tertiary/aromatic N) is 1. The number of thioether (sulfide) groups is 1. The summed E-state index contributed by atoms with van der Waals surface area (Å²) in [6, 6.07) is 8.75. The summed E-state index contributed by atoms with van der Waals surface area (Å²) in [4.78, 5) is 23.2. The molecule has 7 heteroatoms. The van der Waals surface area contributed by atoms with Gasteiger partial charge in [-0.2, -0.15) is 17.0 Å². The maximum atomic E-state index is 11.8. The molecule has 0 bridgehead atoms. The van der Waals surface area contributed by atoms with Gasteiger partial charge in [0.15, 0.2) is 0 Å². The van der Waals surface area contributed by atoms with Gasteiger partial charge in [-0.3, -0.25) is 4.79 Å². The molecule has 0 heterocycles. The van der Waals surface area contributed by atoms with Crippen LogP contribution in [0.3, 0.4) is 0 Å². The molecule has 0 unspecified atom stereocenters. The van der Waals surface area contributed by atoms with Crippen molar-refractivity contribution in [3.63, 3.8) is 0 Å². The van der Waals surface area contributed by atoms with Crippen LogP contribution in [0.5, 0.6) is 0 Å². The van der Waals surface area contributed by atoms with Gasteiger partial charge in [-0.05, 0) is 39.0 Å². The third-order valence-electron chi connectivity index (χ3n) is 2.42. The molecule has 1 aromatic rings. The fourth-order valence-corrected chi connectivity index (χ4v) is 2.22. The topological polar surface area (TPSA) is 91.2 Å². The van der Waals surface area contributed by atoms with E-state index in [1.165, 1.54) is 11.8 Å². The zero-order valence-corrected chi connectivity index (χ0v) is 14.3. The molecule has 0 aromatic heterocycles. The number of nitrogens with one attached hydrogen (secondary N) is 2. The highest BCUT2D eigenvalue weighted by Gasteiger charge is 2.15. The third-order valence-corrected chi connectivity index (χ3v) is 3.38. The number of rotatable bonds is 6. The van der Waals surface area contributed by atoms with Gasteiger partial charge in [0.25, 0.3) is 0 Å². The number of nitriles is 1. The summed E-state index contributed by atoms with van der Waals surface area (Å²) in [5.41, 5.74) is 0.577. The Balaban J connectivity index is 2.19. The predicted octanol–water partition coefficient (Wildman–Crippen LogP) is 2.75. The van der Waals surface area contributed by atoms with Crippen LogP contribution in [0.4, 0.5) is 10.5 Å². The molecule has 0 fully saturated rings. The van der Waals surface area contributed by atoms with E-state index in [2.05, 4.69) is 10.6 Å². The molecule has 0 saturated heterocycles. The molecular weight excluding hydrogens is 314 g/mol. The van der Waals surface area contributed by atoms with E-state index in [4.69, 9.17) is 10.00 Å². The Bertz CT molecular complexity index is 591. The van der Waals surface area contributed by atoms with Gasteiger partial charge in [0, 0.05) is 18.0 Å². The first kappa shape index (κ1) is 18.8. The van der Waals surface area contributed by atoms with Crippen LogP contribution in [0.25, 0.3) is 0 Å². The first-order valence-corrected chi connectivity index (χ1v) is 8.30. The Kier molecular flexibility index (Phi) is 7.42. The Labute approximate surface area is 140 Å². The van der Waals surface area contributed by atoms with Crippen molar-refractivity contribution in [3.05, 3.63) is 29.8 Å². The predicted molar refractivity (Wildman–Crippen MR) is 91.3 cm³/mol. The van der Waals surface area contributed by atoms with E-state index in [0.29, 0.717) is 23.5 Å². The number of anilines is 1. The second kappa shape index (κ2) is 9.06. The summed E-state index contributed by atoms with van der Waals surface area (Å²) < 4.78 is 5.10. The summed E-state index contributed by atoms with van der Waals surface area (Å²) in [6.07, 6.45) is -0.462. The summed E-state index contributed by atoms with van der Waals surface area (Å²) in [7, 11) is 0. The van der Waals surface area contributed by atoms with Crippen LogP contribution in [0.15, 0.2) is 24.3 Å². The zero-order chi connectivity index (χ0) is 17.3. The van der Waals surface area contributed by atoms with Crippen molar-refractivity contribution in [1.82, 2.24) is 5.32 Å². The molecule has 0 aliphatic rings. The smallest absolute Gasteiger partial charge is 0.407 e. The number of ether oxygens (including phenoxy) is 1. The van der Waals surface area contributed by atoms with Crippen molar-refractivity contribution >= 4 is 29.4 Å². The SMILES string of the molecule is CC(C)(C)OC(=O)NCCSCC(=O)Nc1cccc(C#N)c1. The number of carbonyl (C=O) groups excluding carboxylic acids is 2. The van der Waals surface area contributed by atoms with E-state index in [1.54, 1.807) is 45.0 Å². The lowest BCUT2D eigenvalue weighted by Crippen LogP contribution is -2.33. The quantitative estimate of drug-likeness (QED) is 0.780. The first-order chi connectivity index (χ1) is 10.8. The monoisotopic (exact) mass is 335 g/mol. The summed E-state index contributed by atoms with van der Waals surface area (Å²) in [5.74, 6) is 0.722. The number of benzene rings is 1. The lowest BCUT2D eigenvalue weighted by atomic mass is 10.2. The molecule has 2 N–H and O–H groups in total. The highest BCUT2D eigenvalue weighted by Crippen LogP contribution is 2.11. The summed E-state index contributed by atoms with van der Waals surface area (Å²) in [5, 5.41) is 14.2. The van der Waals surface area contributed by atoms with Gasteiger partial charge < -0.3 is 15.4 Å². The van der Waals surface area contributed by atoms with Crippen molar-refractivity contribution in [2.24, 2.45) is 0 Å². The highest BCUT2D eigenvalue weighted by molar-refractivity contribution is 7.99. The number of hydrogen-bond donors (Lipinski definition) is 2. The number of carbonyl (C=O) groups is 2. The average molecular weight is 335 g/mol. The van der Waals surface area contributed by atoms with Crippen molar-refractivity contribution in [2.75, 3.05) is 23.4 Å². The zero-order valence-electron chi connectivity index (χ0n) is 13.5. The van der Waals surface area contributed by atoms with Gasteiger partial charge in [-0.1, -0.05) is 6.07 Å². The molecule has 0 spiro atoms. The Morgan fingerprint density at radius 3 is 2.74 bits per heavy atom. The fraction of sp³-hybridized carbons (Fsp3) is 0.438. The van der Waals surface area contributed by atoms with Gasteiger partial charge in [-0.15, -0.1) is 0 Å². The van der Waals surface area contributed by atoms with E-state index < -0.39 is 11.7 Å². The Morgan fingerprint density at radius 1 is 1.35 bits per heavy atom. The number of amides is 2. The fourth-order valence-electron chi connectivity index (χ4n) is 1.57. The van der Waals surface area contributed by atoms with Crippen molar-refractivity contribution < 1.29 is 14.3 Å². The molecule has 0 aliphatic carbocycles. The molecule has 2 amide bonds. The van der Waals surface area contributed by atoms with E-state index >= 15 is 0 Å². The lowest BCUT2D eigenvalue weighted by Gasteiger charge is -2.19. The van der Waals surface area contributed by atoms with E-state index in [-0.39, 0.29) is 11.7 Å². The molecular formula is C16H21N3O3S. The van der Waals surface area contributed by atoms with Crippen LogP contribution in [0.1, 0.15) is 26.3 Å². The molecule has 124 valence electrons. The minimum atomic E-state index is -0.519. The maximum absolute atomic E-state index is 11.8. The second-order valence-electron chi connectivity index (χ2n) is 5.72. The number of hydrogen-bond acceptors (Lipinski definition) is 5. The van der Waals surface area contributed by atoms with E-state index in [1.807, 2.05) is 6.07 Å². The van der Waals surface area contributed by atoms with Crippen molar-refractivity contribution in [1.29, 1.82) is 5.26 Å². The molecule has 0 aliphatic heterocycles. The Morgan fingerprint density at radius 2 is 2.09 bits per heavy atom. The normalized spacial score (nSPS) is 10.5. The third kappa shape index (κ3) is 8.73. The van der Waals surface area contributed by atoms with Gasteiger partial charge >= 0.3 is 6.09 Å². The Hall–Kier alpha value is -2.20. The molecule has 0 atom stereocenters. The maximum Gasteiger partial charge on any atom is 0.407 e. The number of alkyl carbamates (subject to hydrolysis) is 1. The second-order valence-corrected chi connectivity index (χ2v) is 6.83. The molecule has 1 aromatic carbocycles. The largest absolute Gasteiger partial charge is 0.444 e. The van der Waals surface area contributed by atoms with Gasteiger partial charge in [0.2, 0.25) is 5.91 Å². The average Bonchev–Trinajstić information content (AvgIpc) is 2.45. The molecule has 0 radical (unpaired) electrons. The van der Waals surface area contributed by atoms with E-state index in [0.717, 1.165) is 0 Å². The molecule has 1 rings (SSSR count). The van der Waals surface area contributed by atoms with Crippen molar-refractivity contribution in [2.45, 2.75) is 26.4 Å². The minimum absolute atomic E-state index is 0.151. The van der Waals surface area contributed by atoms with Crippen LogP contribution in [0, 0.1) is 11.3 Å². The summed E-state index contributed by atoms with van der Waals surface area (Å²) in [6.45, 7) is 5.82. The van der Waals surface area contributed by atoms with Gasteiger partial charge in [0.05, 0.1) is 17.4 Å². The van der Waals surface area contributed by atoms with Crippen LogP contribution in [-0.4, -0.2) is 35.7 Å². The van der Waals surface area contributed by atoms with Crippen LogP contribution >= 0.6 is 11.8 Å². The lowest BCUT2D eigenvalue weighted by molar-refractivity contribution is -0.113. The molecule has 6 nitrogen and oxygen atoms in total. The highest BCUT2D eigenvalue weighted by atomic mass is 32.2. The standard InChI is InChI=1S/C16H21N3O3S/c1-16(2,3)22-15(21)18-7-8-23-11-14(20)19-13-6-4-5-12(9-13)10-17/h4-6,9H,7-8,11H2,1-3H3,(H,18,21)(H,19,20).